The van der Waals surface area contributed by atoms with E-state index in [-0.39, 0.29) is 35.9 Å². The molecule has 2 N–H and O–H groups in total. The maximum absolute atomic E-state index is 11.1. The number of guanidine groups is 1. The second kappa shape index (κ2) is 8.51. The Labute approximate surface area is 119 Å². The minimum Gasteiger partial charge on any atom is -0.469 e. The quantitative estimate of drug-likeness (QED) is 0.335. The van der Waals surface area contributed by atoms with E-state index in [2.05, 4.69) is 9.73 Å². The summed E-state index contributed by atoms with van der Waals surface area (Å²) in [4.78, 5) is 17.3. The number of methoxy groups -OCH3 is 1. The zero-order valence-electron chi connectivity index (χ0n) is 10.2. The zero-order valence-corrected chi connectivity index (χ0v) is 12.5. The van der Waals surface area contributed by atoms with Crippen LogP contribution in [-0.4, -0.2) is 56.8 Å². The standard InChI is InChI=1S/C10H19N3O3.HI/c1-8(9(14)15-2)7-12-10(11)13-3-5-16-6-4-13;/h8H,3-7H2,1-2H3,(H2,11,12);1H. The molecule has 0 aliphatic carbocycles. The van der Waals surface area contributed by atoms with Crippen LogP contribution in [0.2, 0.25) is 0 Å². The summed E-state index contributed by atoms with van der Waals surface area (Å²) in [6, 6.07) is 0. The molecule has 1 heterocycles. The summed E-state index contributed by atoms with van der Waals surface area (Å²) in [6.45, 7) is 4.97. The van der Waals surface area contributed by atoms with Crippen molar-refractivity contribution in [1.82, 2.24) is 4.90 Å². The average molecular weight is 357 g/mol. The first-order chi connectivity index (χ1) is 7.65. The molecule has 1 rings (SSSR count). The molecule has 6 nitrogen and oxygen atoms in total. The van der Waals surface area contributed by atoms with Gasteiger partial charge in [-0.2, -0.15) is 0 Å². The molecule has 0 radical (unpaired) electrons. The van der Waals surface area contributed by atoms with E-state index in [1.165, 1.54) is 7.11 Å². The second-order valence-corrected chi connectivity index (χ2v) is 3.72. The smallest absolute Gasteiger partial charge is 0.310 e. The number of hydrogen-bond acceptors (Lipinski definition) is 4. The number of morpholine rings is 1. The monoisotopic (exact) mass is 357 g/mol. The molecule has 0 aromatic rings. The maximum Gasteiger partial charge on any atom is 0.310 e. The zero-order chi connectivity index (χ0) is 12.0. The van der Waals surface area contributed by atoms with Gasteiger partial charge in [-0.3, -0.25) is 9.79 Å². The number of nitrogens with two attached hydrogens (primary N) is 1. The van der Waals surface area contributed by atoms with Gasteiger partial charge in [0, 0.05) is 13.1 Å². The largest absolute Gasteiger partial charge is 0.469 e. The summed E-state index contributed by atoms with van der Waals surface area (Å²) >= 11 is 0. The topological polar surface area (TPSA) is 77.1 Å². The molecule has 1 atom stereocenters. The molecule has 1 aliphatic rings. The van der Waals surface area contributed by atoms with E-state index in [4.69, 9.17) is 10.5 Å². The van der Waals surface area contributed by atoms with Crippen LogP contribution in [0.1, 0.15) is 6.92 Å². The van der Waals surface area contributed by atoms with Crippen molar-refractivity contribution in [2.45, 2.75) is 6.92 Å². The molecule has 1 unspecified atom stereocenters. The molecule has 1 saturated heterocycles. The van der Waals surface area contributed by atoms with E-state index in [1.807, 2.05) is 4.90 Å². The third-order valence-electron chi connectivity index (χ3n) is 2.47. The molecule has 0 spiro atoms. The van der Waals surface area contributed by atoms with E-state index >= 15 is 0 Å². The van der Waals surface area contributed by atoms with Crippen LogP contribution in [-0.2, 0) is 14.3 Å². The molecule has 1 fully saturated rings. The van der Waals surface area contributed by atoms with E-state index in [0.717, 1.165) is 13.1 Å². The summed E-state index contributed by atoms with van der Waals surface area (Å²) in [7, 11) is 1.37. The second-order valence-electron chi connectivity index (χ2n) is 3.72. The van der Waals surface area contributed by atoms with Crippen molar-refractivity contribution < 1.29 is 14.3 Å². The van der Waals surface area contributed by atoms with Crippen LogP contribution in [0, 0.1) is 5.92 Å². The van der Waals surface area contributed by atoms with Crippen LogP contribution >= 0.6 is 24.0 Å². The first kappa shape index (κ1) is 16.4. The fourth-order valence-electron chi connectivity index (χ4n) is 1.40. The van der Waals surface area contributed by atoms with Gasteiger partial charge in [0.15, 0.2) is 5.96 Å². The van der Waals surface area contributed by atoms with Crippen LogP contribution < -0.4 is 5.73 Å². The van der Waals surface area contributed by atoms with Gasteiger partial charge in [0.2, 0.25) is 0 Å². The van der Waals surface area contributed by atoms with E-state index in [0.29, 0.717) is 25.7 Å². The first-order valence-electron chi connectivity index (χ1n) is 5.35. The number of carbonyl (C=O) groups excluding carboxylic acids is 1. The molecular weight excluding hydrogens is 337 g/mol. The third-order valence-corrected chi connectivity index (χ3v) is 2.47. The molecule has 7 heteroatoms. The minimum atomic E-state index is -0.265. The van der Waals surface area contributed by atoms with Gasteiger partial charge in [-0.1, -0.05) is 6.92 Å². The third kappa shape index (κ3) is 5.53. The van der Waals surface area contributed by atoms with Gasteiger partial charge in [-0.25, -0.2) is 0 Å². The molecule has 0 bridgehead atoms. The Bertz CT molecular complexity index is 268. The van der Waals surface area contributed by atoms with Crippen LogP contribution in [0.4, 0.5) is 0 Å². The van der Waals surface area contributed by atoms with Crippen LogP contribution in [0.3, 0.4) is 0 Å². The number of rotatable bonds is 3. The van der Waals surface area contributed by atoms with Gasteiger partial charge in [0.1, 0.15) is 0 Å². The number of esters is 1. The van der Waals surface area contributed by atoms with Gasteiger partial charge in [-0.15, -0.1) is 24.0 Å². The number of hydrogen-bond donors (Lipinski definition) is 1. The normalized spacial score (nSPS) is 18.2. The number of halogens is 1. The summed E-state index contributed by atoms with van der Waals surface area (Å²) in [5.41, 5.74) is 5.81. The Morgan fingerprint density at radius 3 is 2.65 bits per heavy atom. The molecule has 0 amide bonds. The Kier molecular flexibility index (Phi) is 8.23. The lowest BCUT2D eigenvalue weighted by Gasteiger charge is -2.27. The van der Waals surface area contributed by atoms with Crippen molar-refractivity contribution in [3.05, 3.63) is 0 Å². The highest BCUT2D eigenvalue weighted by Gasteiger charge is 2.15. The van der Waals surface area contributed by atoms with Crippen molar-refractivity contribution in [2.24, 2.45) is 16.6 Å². The molecule has 1 aliphatic heterocycles. The summed E-state index contributed by atoms with van der Waals surface area (Å²) < 4.78 is 9.81. The molecule has 17 heavy (non-hydrogen) atoms. The fourth-order valence-corrected chi connectivity index (χ4v) is 1.40. The van der Waals surface area contributed by atoms with E-state index in [9.17, 15) is 4.79 Å². The Hall–Kier alpha value is -0.570. The van der Waals surface area contributed by atoms with Crippen molar-refractivity contribution in [3.63, 3.8) is 0 Å². The summed E-state index contributed by atoms with van der Waals surface area (Å²) in [6.07, 6.45) is 0. The molecular formula is C10H20IN3O3. The lowest BCUT2D eigenvalue weighted by atomic mass is 10.2. The number of ether oxygens (including phenoxy) is 2. The summed E-state index contributed by atoms with van der Waals surface area (Å²) in [5, 5.41) is 0. The highest BCUT2D eigenvalue weighted by Crippen LogP contribution is 2.00. The van der Waals surface area contributed by atoms with Crippen LogP contribution in [0.15, 0.2) is 4.99 Å². The number of aliphatic imine (C=N–C) groups is 1. The highest BCUT2D eigenvalue weighted by molar-refractivity contribution is 14.0. The van der Waals surface area contributed by atoms with E-state index in [1.54, 1.807) is 6.92 Å². The van der Waals surface area contributed by atoms with Crippen molar-refractivity contribution in [2.75, 3.05) is 40.0 Å². The highest BCUT2D eigenvalue weighted by atomic mass is 127. The van der Waals surface area contributed by atoms with Crippen molar-refractivity contribution in [1.29, 1.82) is 0 Å². The van der Waals surface area contributed by atoms with Gasteiger partial charge in [-0.05, 0) is 0 Å². The first-order valence-corrected chi connectivity index (χ1v) is 5.35. The number of nitrogens with zero attached hydrogens (tertiary/aromatic N) is 2. The maximum atomic E-state index is 11.1. The predicted octanol–water partition coefficient (Wildman–Crippen LogP) is 0.0604. The molecule has 0 aromatic carbocycles. The Morgan fingerprint density at radius 2 is 2.12 bits per heavy atom. The lowest BCUT2D eigenvalue weighted by Crippen LogP contribution is -2.45. The van der Waals surface area contributed by atoms with Crippen molar-refractivity contribution in [3.8, 4) is 0 Å². The SMILES string of the molecule is COC(=O)C(C)CN=C(N)N1CCOCC1.I. The molecule has 0 aromatic heterocycles. The molecule has 0 saturated carbocycles. The Balaban J connectivity index is 0.00000256. The number of carbonyl (C=O) groups is 1. The molecule has 100 valence electrons. The predicted molar refractivity (Wildman–Crippen MR) is 75.5 cm³/mol. The van der Waals surface area contributed by atoms with Gasteiger partial charge < -0.3 is 20.1 Å². The van der Waals surface area contributed by atoms with Gasteiger partial charge >= 0.3 is 5.97 Å². The Morgan fingerprint density at radius 1 is 1.53 bits per heavy atom. The minimum absolute atomic E-state index is 0. The van der Waals surface area contributed by atoms with E-state index < -0.39 is 0 Å². The lowest BCUT2D eigenvalue weighted by molar-refractivity contribution is -0.144. The van der Waals surface area contributed by atoms with Crippen LogP contribution in [0.5, 0.6) is 0 Å². The summed E-state index contributed by atoms with van der Waals surface area (Å²) in [5.74, 6) is -0.0535. The van der Waals surface area contributed by atoms with Crippen LogP contribution in [0.25, 0.3) is 0 Å². The average Bonchev–Trinajstić information content (AvgIpc) is 2.35. The van der Waals surface area contributed by atoms with Gasteiger partial charge in [0.25, 0.3) is 0 Å². The van der Waals surface area contributed by atoms with Gasteiger partial charge in [0.05, 0.1) is 32.8 Å². The van der Waals surface area contributed by atoms with Crippen molar-refractivity contribution >= 4 is 35.9 Å². The fraction of sp³-hybridized carbons (Fsp3) is 0.800.